The Morgan fingerprint density at radius 3 is 0.622 bits per heavy atom. The molecule has 127 heavy (non-hydrogen) atoms. The van der Waals surface area contributed by atoms with Crippen LogP contribution in [0.15, 0.2) is 255 Å². The maximum atomic E-state index is 15.9. The second kappa shape index (κ2) is 47.8. The molecule has 1 aliphatic rings. The number of benzene rings is 12. The van der Waals surface area contributed by atoms with E-state index in [0.29, 0.717) is 93.0 Å². The molecule has 0 bridgehead atoms. The first-order chi connectivity index (χ1) is 62.5. The number of unbranched alkanes of at least 4 members (excludes halogenated alkanes) is 15. The summed E-state index contributed by atoms with van der Waals surface area (Å²) in [5, 5.41) is 59.0. The minimum absolute atomic E-state index is 0.00277. The van der Waals surface area contributed by atoms with E-state index in [9.17, 15) is 31.4 Å². The van der Waals surface area contributed by atoms with Crippen LogP contribution in [0.5, 0.6) is 63.2 Å². The fraction of sp³-hybridized carbons (Fsp3) is 0.275. The number of phenols is 1. The molecule has 1 aliphatic carbocycles. The summed E-state index contributed by atoms with van der Waals surface area (Å²) < 4.78 is 64.3. The molecule has 0 heterocycles. The van der Waals surface area contributed by atoms with Crippen LogP contribution in [0, 0.1) is 56.7 Å². The number of nitriles is 5. The molecule has 0 spiro atoms. The van der Waals surface area contributed by atoms with Gasteiger partial charge in [-0.2, -0.15) is 26.3 Å². The minimum Gasteiger partial charge on any atom is -0.504 e. The molecule has 12 aromatic rings. The Hall–Kier alpha value is -14.8. The standard InChI is InChI=1S/C109H103N5O13/c110-73-78-21-31-83(32-22-78)88-41-51-93(52-42-88)118-61-11-1-6-16-66-123-100-71-98-102(106(117)107(100)125-68-18-8-3-13-63-120-95-55-45-90(46-56-95)85-35-25-80(75-112)26-36-85)104(115)99-72-101(124-67-17-7-2-12-62-119-94-53-43-89(44-54-94)84-33-23-79(74-111)24-34-84)108(126-69-19-9-4-14-64-121-96-57-47-91(48-58-96)86-37-27-81(76-113)28-38-86)109(103(99)105(98)116)127-70-20-10-5-15-65-122-97-59-49-92(50-60-97)87-39-29-82(77-114)30-40-87/h21-60,71-72,117H,1-20,61-70H2. The molecule has 18 heteroatoms. The molecule has 0 saturated carbocycles. The highest BCUT2D eigenvalue weighted by Gasteiger charge is 2.40. The average Bonchev–Trinajstić information content (AvgIpc) is 0.722. The van der Waals surface area contributed by atoms with Gasteiger partial charge in [-0.15, -0.1) is 0 Å². The van der Waals surface area contributed by atoms with E-state index in [4.69, 9.17) is 47.4 Å². The fourth-order valence-electron chi connectivity index (χ4n) is 15.0. The molecule has 12 aromatic carbocycles. The van der Waals surface area contributed by atoms with Gasteiger partial charge < -0.3 is 52.5 Å². The molecule has 18 nitrogen and oxygen atoms in total. The van der Waals surface area contributed by atoms with Crippen molar-refractivity contribution in [2.75, 3.05) is 66.1 Å². The molecule has 642 valence electrons. The average molecular weight is 1690 g/mol. The number of fused-ring (bicyclic) bond motifs is 2. The van der Waals surface area contributed by atoms with Crippen LogP contribution in [-0.2, 0) is 0 Å². The lowest BCUT2D eigenvalue weighted by Crippen LogP contribution is -2.24. The number of ether oxygens (including phenoxy) is 10. The summed E-state index contributed by atoms with van der Waals surface area (Å²) in [4.78, 5) is 31.5. The van der Waals surface area contributed by atoms with Crippen molar-refractivity contribution in [1.29, 1.82) is 26.3 Å². The van der Waals surface area contributed by atoms with Gasteiger partial charge >= 0.3 is 0 Å². The Kier molecular flexibility index (Phi) is 33.8. The van der Waals surface area contributed by atoms with E-state index < -0.39 is 17.3 Å². The predicted octanol–water partition coefficient (Wildman–Crippen LogP) is 25.0. The molecule has 0 aromatic heterocycles. The topological polar surface area (TPSA) is 266 Å². The Bertz CT molecular complexity index is 5790. The largest absolute Gasteiger partial charge is 0.504 e. The number of phenolic OH excluding ortho intramolecular Hbond substituents is 1. The van der Waals surface area contributed by atoms with E-state index in [1.165, 1.54) is 6.07 Å². The number of nitrogens with zero attached hydrogens (tertiary/aromatic N) is 5. The summed E-state index contributed by atoms with van der Waals surface area (Å²) in [5.41, 5.74) is 12.9. The smallest absolute Gasteiger partial charge is 0.204 e. The van der Waals surface area contributed by atoms with Crippen LogP contribution >= 0.6 is 0 Å². The number of carbonyl (C=O) groups is 2. The monoisotopic (exact) mass is 1690 g/mol. The van der Waals surface area contributed by atoms with Crippen molar-refractivity contribution in [3.05, 3.63) is 305 Å². The number of hydrogen-bond acceptors (Lipinski definition) is 18. The Labute approximate surface area is 744 Å². The van der Waals surface area contributed by atoms with Crippen molar-refractivity contribution in [3.8, 4) is 149 Å². The van der Waals surface area contributed by atoms with Crippen LogP contribution in [0.1, 0.15) is 188 Å². The summed E-state index contributed by atoms with van der Waals surface area (Å²) >= 11 is 0. The lowest BCUT2D eigenvalue weighted by Gasteiger charge is -2.26. The Balaban J connectivity index is 0.702. The highest BCUT2D eigenvalue weighted by molar-refractivity contribution is 6.31. The Morgan fingerprint density at radius 1 is 0.205 bits per heavy atom. The highest BCUT2D eigenvalue weighted by atomic mass is 16.5. The van der Waals surface area contributed by atoms with Gasteiger partial charge in [0, 0.05) is 11.1 Å². The molecule has 0 atom stereocenters. The maximum absolute atomic E-state index is 15.9. The zero-order chi connectivity index (χ0) is 88.0. The molecule has 0 fully saturated rings. The second-order valence-corrected chi connectivity index (χ2v) is 31.2. The molecule has 0 unspecified atom stereocenters. The summed E-state index contributed by atoms with van der Waals surface area (Å²) in [7, 11) is 0. The van der Waals surface area contributed by atoms with E-state index in [1.807, 2.05) is 194 Å². The molecular formula is C109H103N5O13. The van der Waals surface area contributed by atoms with Crippen LogP contribution in [0.3, 0.4) is 0 Å². The van der Waals surface area contributed by atoms with E-state index >= 15 is 9.59 Å². The first-order valence-electron chi connectivity index (χ1n) is 44.0. The quantitative estimate of drug-likeness (QED) is 0.0347. The lowest BCUT2D eigenvalue weighted by molar-refractivity contribution is 0.0969. The minimum atomic E-state index is -0.620. The number of aromatic hydroxyl groups is 1. The van der Waals surface area contributed by atoms with Gasteiger partial charge in [-0.3, -0.25) is 9.59 Å². The third-order valence-corrected chi connectivity index (χ3v) is 22.2. The van der Waals surface area contributed by atoms with Crippen molar-refractivity contribution in [2.45, 2.75) is 128 Å². The SMILES string of the molecule is N#Cc1ccc(-c2ccc(OCCCCCCOc3cc4c(c(O)c3OCCCCCCOc3ccc(-c5ccc(C#N)cc5)cc3)C(=O)c3cc(OCCCCCCOc5ccc(-c6ccc(C#N)cc6)cc5)c(OCCCCCCOc5ccc(-c6ccc(C#N)cc6)cc5)c(OCCCCCCOc5ccc(-c6ccc(C#N)cc6)cc5)c3C4=O)cc2)cc1. The first kappa shape index (κ1) is 90.0. The lowest BCUT2D eigenvalue weighted by atomic mass is 9.82. The van der Waals surface area contributed by atoms with E-state index in [-0.39, 0.29) is 84.0 Å². The van der Waals surface area contributed by atoms with Crippen LogP contribution in [0.25, 0.3) is 55.6 Å². The van der Waals surface area contributed by atoms with Gasteiger partial charge in [0.2, 0.25) is 11.5 Å². The Morgan fingerprint density at radius 2 is 0.386 bits per heavy atom. The maximum Gasteiger partial charge on any atom is 0.204 e. The van der Waals surface area contributed by atoms with Gasteiger partial charge in [0.1, 0.15) is 28.7 Å². The van der Waals surface area contributed by atoms with Crippen LogP contribution in [-0.4, -0.2) is 82.7 Å². The molecule has 0 saturated heterocycles. The third-order valence-electron chi connectivity index (χ3n) is 22.2. The van der Waals surface area contributed by atoms with Gasteiger partial charge in [-0.25, -0.2) is 0 Å². The second-order valence-electron chi connectivity index (χ2n) is 31.2. The van der Waals surface area contributed by atoms with E-state index in [1.54, 1.807) is 54.6 Å². The van der Waals surface area contributed by atoms with Gasteiger partial charge in [-0.1, -0.05) is 121 Å². The fourth-order valence-corrected chi connectivity index (χ4v) is 15.0. The number of carbonyl (C=O) groups excluding carboxylic acids is 2. The van der Waals surface area contributed by atoms with Crippen molar-refractivity contribution >= 4 is 11.6 Å². The van der Waals surface area contributed by atoms with Crippen molar-refractivity contribution in [3.63, 3.8) is 0 Å². The number of ketones is 2. The zero-order valence-corrected chi connectivity index (χ0v) is 71.5. The third kappa shape index (κ3) is 25.9. The van der Waals surface area contributed by atoms with Gasteiger partial charge in [-0.05, 0) is 318 Å². The van der Waals surface area contributed by atoms with Gasteiger partial charge in [0.25, 0.3) is 0 Å². The van der Waals surface area contributed by atoms with Crippen LogP contribution in [0.2, 0.25) is 0 Å². The van der Waals surface area contributed by atoms with E-state index in [2.05, 4.69) is 30.3 Å². The zero-order valence-electron chi connectivity index (χ0n) is 71.5. The summed E-state index contributed by atoms with van der Waals surface area (Å²) in [6, 6.07) is 90.8. The predicted molar refractivity (Wildman–Crippen MR) is 492 cm³/mol. The van der Waals surface area contributed by atoms with E-state index in [0.717, 1.165) is 181 Å². The summed E-state index contributed by atoms with van der Waals surface area (Å²) in [6.45, 7) is 3.53. The molecule has 13 rings (SSSR count). The molecule has 0 radical (unpaired) electrons. The normalized spacial score (nSPS) is 11.2. The number of rotatable bonds is 50. The summed E-state index contributed by atoms with van der Waals surface area (Å²) in [5.74, 6) is 2.70. The van der Waals surface area contributed by atoms with Gasteiger partial charge in [0.15, 0.2) is 34.6 Å². The summed E-state index contributed by atoms with van der Waals surface area (Å²) in [6.07, 6.45) is 15.0. The first-order valence-corrected chi connectivity index (χ1v) is 44.0. The van der Waals surface area contributed by atoms with Crippen LogP contribution < -0.4 is 47.4 Å². The van der Waals surface area contributed by atoms with Crippen molar-refractivity contribution < 1.29 is 62.1 Å². The number of hydrogen-bond donors (Lipinski definition) is 1. The molecule has 1 N–H and O–H groups in total. The van der Waals surface area contributed by atoms with Gasteiger partial charge in [0.05, 0.1) is 135 Å². The van der Waals surface area contributed by atoms with Crippen molar-refractivity contribution in [2.24, 2.45) is 0 Å². The highest BCUT2D eigenvalue weighted by Crippen LogP contribution is 2.51. The van der Waals surface area contributed by atoms with Crippen LogP contribution in [0.4, 0.5) is 0 Å². The molecule has 0 amide bonds. The molecular weight excluding hydrogens is 1590 g/mol. The van der Waals surface area contributed by atoms with Crippen molar-refractivity contribution in [1.82, 2.24) is 0 Å². The molecule has 0 aliphatic heterocycles.